The van der Waals surface area contributed by atoms with Crippen molar-refractivity contribution in [1.29, 1.82) is 0 Å². The summed E-state index contributed by atoms with van der Waals surface area (Å²) in [6, 6.07) is 54.3. The Hall–Kier alpha value is -3.78. The monoisotopic (exact) mass is 1000 g/mol. The zero-order valence-corrected chi connectivity index (χ0v) is 47.6. The summed E-state index contributed by atoms with van der Waals surface area (Å²) in [6.07, 6.45) is 0. The van der Waals surface area contributed by atoms with Gasteiger partial charge < -0.3 is 0 Å². The summed E-state index contributed by atoms with van der Waals surface area (Å²) in [4.78, 5) is 0. The molecule has 2 radical (unpaired) electrons. The van der Waals surface area contributed by atoms with Crippen LogP contribution in [0, 0.1) is 13.8 Å². The topological polar surface area (TPSA) is 0 Å². The van der Waals surface area contributed by atoms with Crippen molar-refractivity contribution in [1.82, 2.24) is 0 Å². The molecule has 0 N–H and O–H groups in total. The molecular weight excluding hydrogens is 935 g/mol. The zero-order valence-electron chi connectivity index (χ0n) is 42.6. The standard InChI is InChI=1S/2C30H33.C2H6Si.2ClH.Zr/c2*1-20-13-14-22-15-23(21-11-9-8-10-12-21)18-27(22)28(20)24-16-25(29(2,3)4)19-26(17-24)30(5,6)7;1-3-2;;;/h2*8-19H,1-7H3;1-2H3;2*1H;/q2*-1;;;;+4/p-2. The molecule has 0 unspecified atom stereocenters. The van der Waals surface area contributed by atoms with Crippen molar-refractivity contribution in [3.05, 3.63) is 179 Å². The van der Waals surface area contributed by atoms with Gasteiger partial charge in [-0.05, 0) is 80.0 Å². The maximum atomic E-state index is 4.93. The van der Waals surface area contributed by atoms with E-state index in [1.807, 2.05) is 0 Å². The molecule has 0 nitrogen and oxygen atoms in total. The van der Waals surface area contributed by atoms with Gasteiger partial charge in [0.25, 0.3) is 0 Å². The molecule has 4 heteroatoms. The van der Waals surface area contributed by atoms with E-state index in [0.717, 1.165) is 9.52 Å². The summed E-state index contributed by atoms with van der Waals surface area (Å²) in [6.45, 7) is 36.5. The Bertz CT molecular complexity index is 2570. The summed E-state index contributed by atoms with van der Waals surface area (Å²) in [5, 5.41) is 5.32. The van der Waals surface area contributed by atoms with Gasteiger partial charge in [-0.25, -0.2) is 0 Å². The minimum absolute atomic E-state index is 0.110. The van der Waals surface area contributed by atoms with Crippen LogP contribution in [0.1, 0.15) is 116 Å². The SMILES string of the molecule is C[Si]C.Cc1ccc2[cH-]c(-c3ccccc3)cc2c1-c1cc(C(C)(C)C)cc(C(C)(C)C)c1.Cc1ccc2[cH-]c(-c3ccccc3)cc2c1-c1cc(C(C)(C)C)cc(C(C)(C)C)c1.[Cl][Zr+2][Cl]. The third-order valence-electron chi connectivity index (χ3n) is 12.3. The first kappa shape index (κ1) is 53.2. The van der Waals surface area contributed by atoms with Crippen LogP contribution < -0.4 is 0 Å². The van der Waals surface area contributed by atoms with E-state index < -0.39 is 20.8 Å². The summed E-state index contributed by atoms with van der Waals surface area (Å²) in [7, 11) is 11.0. The Labute approximate surface area is 420 Å². The fourth-order valence-corrected chi connectivity index (χ4v) is 8.42. The van der Waals surface area contributed by atoms with Crippen LogP contribution in [0.15, 0.2) is 146 Å². The van der Waals surface area contributed by atoms with Gasteiger partial charge in [0.05, 0.1) is 0 Å². The van der Waals surface area contributed by atoms with Gasteiger partial charge >= 0.3 is 37.9 Å². The molecule has 0 atom stereocenters. The van der Waals surface area contributed by atoms with E-state index in [1.165, 1.54) is 99.4 Å². The molecule has 0 spiro atoms. The van der Waals surface area contributed by atoms with Crippen molar-refractivity contribution >= 4 is 48.1 Å². The molecule has 8 aromatic carbocycles. The van der Waals surface area contributed by atoms with Gasteiger partial charge in [0.2, 0.25) is 0 Å². The second kappa shape index (κ2) is 22.1. The molecular formula is C62H72Cl2SiZr. The first-order valence-electron chi connectivity index (χ1n) is 23.3. The van der Waals surface area contributed by atoms with Crippen LogP contribution in [0.5, 0.6) is 0 Å². The van der Waals surface area contributed by atoms with E-state index >= 15 is 0 Å². The van der Waals surface area contributed by atoms with Crippen molar-refractivity contribution < 1.29 is 20.8 Å². The molecule has 0 aromatic heterocycles. The Morgan fingerprint density at radius 1 is 0.394 bits per heavy atom. The van der Waals surface area contributed by atoms with E-state index in [-0.39, 0.29) is 21.7 Å². The van der Waals surface area contributed by atoms with Gasteiger partial charge in [0.15, 0.2) is 0 Å². The van der Waals surface area contributed by atoms with Gasteiger partial charge in [0.1, 0.15) is 0 Å². The Morgan fingerprint density at radius 2 is 0.667 bits per heavy atom. The molecule has 0 fully saturated rings. The van der Waals surface area contributed by atoms with Crippen LogP contribution in [0.4, 0.5) is 0 Å². The molecule has 0 aliphatic carbocycles. The number of hydrogen-bond acceptors (Lipinski definition) is 0. The third-order valence-corrected chi connectivity index (χ3v) is 12.3. The molecule has 0 aliphatic heterocycles. The van der Waals surface area contributed by atoms with Crippen molar-refractivity contribution in [2.45, 2.75) is 132 Å². The maximum absolute atomic E-state index is 4.93. The van der Waals surface area contributed by atoms with E-state index in [1.54, 1.807) is 0 Å². The van der Waals surface area contributed by atoms with Gasteiger partial charge in [-0.2, -0.15) is 0 Å². The van der Waals surface area contributed by atoms with E-state index in [9.17, 15) is 0 Å². The Kier molecular flexibility index (Phi) is 17.8. The van der Waals surface area contributed by atoms with Gasteiger partial charge in [-0.3, -0.25) is 0 Å². The molecule has 342 valence electrons. The van der Waals surface area contributed by atoms with Crippen molar-refractivity contribution in [3.63, 3.8) is 0 Å². The molecule has 8 aromatic rings. The van der Waals surface area contributed by atoms with Crippen LogP contribution >= 0.6 is 17.0 Å². The Morgan fingerprint density at radius 3 is 0.924 bits per heavy atom. The van der Waals surface area contributed by atoms with E-state index in [2.05, 4.69) is 256 Å². The molecule has 8 rings (SSSR count). The fraction of sp³-hybridized carbons (Fsp3) is 0.323. The predicted octanol–water partition coefficient (Wildman–Crippen LogP) is 19.8. The van der Waals surface area contributed by atoms with Crippen LogP contribution in [-0.2, 0) is 42.5 Å². The third kappa shape index (κ3) is 13.3. The molecule has 0 saturated carbocycles. The first-order valence-corrected chi connectivity index (χ1v) is 31.6. The second-order valence-corrected chi connectivity index (χ2v) is 26.6. The normalized spacial score (nSPS) is 11.8. The molecule has 66 heavy (non-hydrogen) atoms. The number of benzene rings is 6. The number of fused-ring (bicyclic) bond motifs is 2. The average Bonchev–Trinajstić information content (AvgIpc) is 3.89. The molecule has 0 heterocycles. The zero-order chi connectivity index (χ0) is 48.8. The molecule has 0 bridgehead atoms. The van der Waals surface area contributed by atoms with E-state index in [0.29, 0.717) is 0 Å². The number of rotatable bonds is 4. The number of halogens is 2. The molecule has 0 saturated heterocycles. The van der Waals surface area contributed by atoms with Crippen molar-refractivity contribution in [3.8, 4) is 44.5 Å². The van der Waals surface area contributed by atoms with Crippen molar-refractivity contribution in [2.75, 3.05) is 0 Å². The Balaban J connectivity index is 0.000000221. The summed E-state index contributed by atoms with van der Waals surface area (Å²) in [5.74, 6) is 0. The van der Waals surface area contributed by atoms with Crippen LogP contribution in [0.2, 0.25) is 13.1 Å². The molecule has 0 amide bonds. The fourth-order valence-electron chi connectivity index (χ4n) is 8.42. The van der Waals surface area contributed by atoms with Gasteiger partial charge in [-0.1, -0.05) is 228 Å². The van der Waals surface area contributed by atoms with E-state index in [4.69, 9.17) is 17.0 Å². The summed E-state index contributed by atoms with van der Waals surface area (Å²) in [5.41, 5.74) is 19.2. The number of aryl methyl sites for hydroxylation is 2. The number of hydrogen-bond donors (Lipinski definition) is 0. The summed E-state index contributed by atoms with van der Waals surface area (Å²) < 4.78 is 0. The predicted molar refractivity (Wildman–Crippen MR) is 294 cm³/mol. The second-order valence-electron chi connectivity index (χ2n) is 21.9. The quantitative estimate of drug-likeness (QED) is 0.122. The van der Waals surface area contributed by atoms with Gasteiger partial charge in [-0.15, -0.1) is 69.1 Å². The first-order chi connectivity index (χ1) is 30.9. The van der Waals surface area contributed by atoms with Crippen LogP contribution in [-0.4, -0.2) is 9.52 Å². The van der Waals surface area contributed by atoms with Crippen LogP contribution in [0.3, 0.4) is 0 Å². The van der Waals surface area contributed by atoms with Gasteiger partial charge in [0, 0.05) is 9.52 Å². The minimum atomic E-state index is -0.826. The average molecular weight is 1010 g/mol. The van der Waals surface area contributed by atoms with Crippen molar-refractivity contribution in [2.24, 2.45) is 0 Å². The summed E-state index contributed by atoms with van der Waals surface area (Å²) >= 11 is -0.826. The van der Waals surface area contributed by atoms with Crippen LogP contribution in [0.25, 0.3) is 66.1 Å². The molecule has 0 aliphatic rings.